The van der Waals surface area contributed by atoms with Gasteiger partial charge in [-0.2, -0.15) is 0 Å². The molecule has 0 unspecified atom stereocenters. The van der Waals surface area contributed by atoms with Crippen molar-refractivity contribution in [1.29, 1.82) is 0 Å². The second-order valence-corrected chi connectivity index (χ2v) is 6.12. The number of aliphatic hydroxyl groups excluding tert-OH is 1. The highest BCUT2D eigenvalue weighted by Gasteiger charge is 2.16. The van der Waals surface area contributed by atoms with Gasteiger partial charge in [-0.3, -0.25) is 0 Å². The van der Waals surface area contributed by atoms with Gasteiger partial charge >= 0.3 is 0 Å². The Kier molecular flexibility index (Phi) is 4.93. The van der Waals surface area contributed by atoms with Crippen LogP contribution >= 0.6 is 15.9 Å². The zero-order chi connectivity index (χ0) is 13.1. The second-order valence-electron chi connectivity index (χ2n) is 3.50. The highest BCUT2D eigenvalue weighted by molar-refractivity contribution is 9.10. The van der Waals surface area contributed by atoms with E-state index in [1.54, 1.807) is 6.07 Å². The van der Waals surface area contributed by atoms with Gasteiger partial charge in [0.25, 0.3) is 0 Å². The van der Waals surface area contributed by atoms with Gasteiger partial charge in [0.2, 0.25) is 10.0 Å². The molecule has 1 rings (SSSR count). The van der Waals surface area contributed by atoms with Crippen LogP contribution in [0.4, 0.5) is 0 Å². The molecule has 0 spiro atoms. The molecule has 0 bridgehead atoms. The summed E-state index contributed by atoms with van der Waals surface area (Å²) in [5.74, 6) is 0.435. The Balaban J connectivity index is 2.99. The third kappa shape index (κ3) is 3.95. The lowest BCUT2D eigenvalue weighted by Crippen LogP contribution is -2.30. The van der Waals surface area contributed by atoms with Crippen LogP contribution in [0.1, 0.15) is 6.92 Å². The van der Waals surface area contributed by atoms with Gasteiger partial charge in [0.15, 0.2) is 0 Å². The first kappa shape index (κ1) is 14.4. The van der Waals surface area contributed by atoms with Crippen molar-refractivity contribution in [1.82, 2.24) is 4.72 Å². The lowest BCUT2D eigenvalue weighted by molar-refractivity contribution is 0.198. The van der Waals surface area contributed by atoms with Gasteiger partial charge in [-0.15, -0.1) is 0 Å². The van der Waals surface area contributed by atoms with Crippen molar-refractivity contribution in [3.05, 3.63) is 22.7 Å². The van der Waals surface area contributed by atoms with E-state index in [4.69, 9.17) is 9.84 Å². The fraction of sp³-hybridized carbons (Fsp3) is 0.400. The number of methoxy groups -OCH3 is 1. The number of aliphatic hydroxyl groups is 1. The normalized spacial score (nSPS) is 13.4. The van der Waals surface area contributed by atoms with Gasteiger partial charge in [-0.1, -0.05) is 0 Å². The van der Waals surface area contributed by atoms with E-state index in [2.05, 4.69) is 20.7 Å². The Morgan fingerprint density at radius 3 is 2.71 bits per heavy atom. The van der Waals surface area contributed by atoms with Crippen LogP contribution in [-0.2, 0) is 10.0 Å². The van der Waals surface area contributed by atoms with Crippen molar-refractivity contribution in [2.75, 3.05) is 13.7 Å². The molecular formula is C10H14BrNO4S. The highest BCUT2D eigenvalue weighted by atomic mass is 79.9. The van der Waals surface area contributed by atoms with Crippen LogP contribution in [0.25, 0.3) is 0 Å². The van der Waals surface area contributed by atoms with E-state index in [0.717, 1.165) is 0 Å². The molecule has 2 N–H and O–H groups in total. The number of ether oxygens (including phenoxy) is 1. The summed E-state index contributed by atoms with van der Waals surface area (Å²) in [7, 11) is -2.16. The van der Waals surface area contributed by atoms with Crippen LogP contribution in [0.2, 0.25) is 0 Å². The zero-order valence-corrected chi connectivity index (χ0v) is 11.9. The van der Waals surface area contributed by atoms with Gasteiger partial charge in [0.05, 0.1) is 22.6 Å². The summed E-state index contributed by atoms with van der Waals surface area (Å²) in [6.07, 6.45) is -0.734. The molecule has 0 aliphatic heterocycles. The Morgan fingerprint density at radius 2 is 2.18 bits per heavy atom. The summed E-state index contributed by atoms with van der Waals surface area (Å²) >= 11 is 3.24. The van der Waals surface area contributed by atoms with E-state index >= 15 is 0 Å². The number of benzene rings is 1. The van der Waals surface area contributed by atoms with Gasteiger partial charge in [-0.05, 0) is 35.0 Å². The van der Waals surface area contributed by atoms with Crippen molar-refractivity contribution in [2.24, 2.45) is 0 Å². The average molecular weight is 324 g/mol. The minimum absolute atomic E-state index is 0.0271. The summed E-state index contributed by atoms with van der Waals surface area (Å²) in [5, 5.41) is 9.05. The fourth-order valence-electron chi connectivity index (χ4n) is 1.12. The molecule has 0 amide bonds. The van der Waals surface area contributed by atoms with Gasteiger partial charge in [0.1, 0.15) is 5.75 Å². The number of hydrogen-bond donors (Lipinski definition) is 2. The summed E-state index contributed by atoms with van der Waals surface area (Å²) in [6.45, 7) is 1.48. The molecule has 0 radical (unpaired) electrons. The van der Waals surface area contributed by atoms with Gasteiger partial charge in [-0.25, -0.2) is 13.1 Å². The van der Waals surface area contributed by atoms with Crippen molar-refractivity contribution in [3.8, 4) is 5.75 Å². The number of halogens is 1. The predicted octanol–water partition coefficient (Wildman–Crippen LogP) is 1.12. The minimum Gasteiger partial charge on any atom is -0.496 e. The molecule has 0 aromatic heterocycles. The second kappa shape index (κ2) is 5.81. The number of nitrogens with one attached hydrogen (secondary N) is 1. The number of sulfonamides is 1. The number of rotatable bonds is 5. The first-order chi connectivity index (χ1) is 7.86. The molecule has 0 fully saturated rings. The van der Waals surface area contributed by atoms with E-state index in [9.17, 15) is 8.42 Å². The highest BCUT2D eigenvalue weighted by Crippen LogP contribution is 2.27. The molecule has 7 heteroatoms. The standard InChI is InChI=1S/C10H14BrNO4S/c1-7(13)6-12-17(14,15)8-3-4-9(11)10(5-8)16-2/h3-5,7,12-13H,6H2,1-2H3/t7-/m1/s1. The zero-order valence-electron chi connectivity index (χ0n) is 9.47. The van der Waals surface area contributed by atoms with Crippen LogP contribution in [0.3, 0.4) is 0 Å². The van der Waals surface area contributed by atoms with Crippen LogP contribution < -0.4 is 9.46 Å². The fourth-order valence-corrected chi connectivity index (χ4v) is 2.67. The molecule has 0 saturated heterocycles. The largest absolute Gasteiger partial charge is 0.496 e. The summed E-state index contributed by atoms with van der Waals surface area (Å²) in [6, 6.07) is 4.46. The van der Waals surface area contributed by atoms with E-state index in [0.29, 0.717) is 10.2 Å². The van der Waals surface area contributed by atoms with Crippen LogP contribution in [-0.4, -0.2) is 33.3 Å². The maximum atomic E-state index is 11.8. The van der Waals surface area contributed by atoms with E-state index in [1.807, 2.05) is 0 Å². The Hall–Kier alpha value is -0.630. The maximum Gasteiger partial charge on any atom is 0.240 e. The Bertz CT molecular complexity index is 487. The van der Waals surface area contributed by atoms with Crippen molar-refractivity contribution < 1.29 is 18.3 Å². The van der Waals surface area contributed by atoms with E-state index in [-0.39, 0.29) is 11.4 Å². The minimum atomic E-state index is -3.62. The molecule has 1 aromatic carbocycles. The Labute approximate surface area is 109 Å². The lowest BCUT2D eigenvalue weighted by atomic mass is 10.3. The molecule has 0 aliphatic rings. The molecule has 1 aromatic rings. The summed E-state index contributed by atoms with van der Waals surface area (Å²) < 4.78 is 31.6. The van der Waals surface area contributed by atoms with Crippen molar-refractivity contribution >= 4 is 26.0 Å². The summed E-state index contributed by atoms with van der Waals surface area (Å²) in [5.41, 5.74) is 0. The maximum absolute atomic E-state index is 11.8. The van der Waals surface area contributed by atoms with Crippen LogP contribution in [0, 0.1) is 0 Å². The van der Waals surface area contributed by atoms with Crippen LogP contribution in [0.5, 0.6) is 5.75 Å². The molecule has 0 aliphatic carbocycles. The van der Waals surface area contributed by atoms with E-state index < -0.39 is 16.1 Å². The van der Waals surface area contributed by atoms with E-state index in [1.165, 1.54) is 26.2 Å². The topological polar surface area (TPSA) is 75.6 Å². The number of hydrogen-bond acceptors (Lipinski definition) is 4. The van der Waals surface area contributed by atoms with Crippen LogP contribution in [0.15, 0.2) is 27.6 Å². The van der Waals surface area contributed by atoms with Gasteiger partial charge < -0.3 is 9.84 Å². The molecule has 1 atom stereocenters. The average Bonchev–Trinajstić information content (AvgIpc) is 2.27. The summed E-state index contributed by atoms with van der Waals surface area (Å²) in [4.78, 5) is 0.0956. The molecule has 96 valence electrons. The third-order valence-corrected chi connectivity index (χ3v) is 4.08. The molecule has 17 heavy (non-hydrogen) atoms. The van der Waals surface area contributed by atoms with Gasteiger partial charge in [0, 0.05) is 12.6 Å². The quantitative estimate of drug-likeness (QED) is 0.851. The smallest absolute Gasteiger partial charge is 0.240 e. The van der Waals surface area contributed by atoms with Crippen molar-refractivity contribution in [3.63, 3.8) is 0 Å². The predicted molar refractivity (Wildman–Crippen MR) is 67.6 cm³/mol. The SMILES string of the molecule is COc1cc(S(=O)(=O)NC[C@@H](C)O)ccc1Br. The molecule has 0 heterocycles. The third-order valence-electron chi connectivity index (χ3n) is 2.00. The van der Waals surface area contributed by atoms with Crippen molar-refractivity contribution in [2.45, 2.75) is 17.9 Å². The molecular weight excluding hydrogens is 310 g/mol. The monoisotopic (exact) mass is 323 g/mol. The first-order valence-corrected chi connectivity index (χ1v) is 7.15. The first-order valence-electron chi connectivity index (χ1n) is 4.88. The Morgan fingerprint density at radius 1 is 1.53 bits per heavy atom. The molecule has 0 saturated carbocycles. The molecule has 5 nitrogen and oxygen atoms in total. The lowest BCUT2D eigenvalue weighted by Gasteiger charge is -2.10.